The number of ether oxygens (including phenoxy) is 1. The van der Waals surface area contributed by atoms with Crippen LogP contribution in [0.15, 0.2) is 71.5 Å². The predicted octanol–water partition coefficient (Wildman–Crippen LogP) is 5.26. The summed E-state index contributed by atoms with van der Waals surface area (Å²) in [6.07, 6.45) is -0.499. The van der Waals surface area contributed by atoms with Crippen LogP contribution in [0.3, 0.4) is 0 Å². The van der Waals surface area contributed by atoms with Crippen LogP contribution in [0, 0.1) is 0 Å². The molecule has 3 aromatic carbocycles. The number of hydrogen-bond acceptors (Lipinski definition) is 5. The molecule has 0 spiro atoms. The minimum absolute atomic E-state index is 0.232. The van der Waals surface area contributed by atoms with Gasteiger partial charge in [0.25, 0.3) is 5.56 Å². The van der Waals surface area contributed by atoms with Gasteiger partial charge >= 0.3 is 0 Å². The van der Waals surface area contributed by atoms with Crippen LogP contribution in [0.1, 0.15) is 11.7 Å². The summed E-state index contributed by atoms with van der Waals surface area (Å²) >= 11 is 12.8. The molecule has 0 saturated heterocycles. The van der Waals surface area contributed by atoms with Gasteiger partial charge in [-0.05, 0) is 42.5 Å². The van der Waals surface area contributed by atoms with E-state index in [1.54, 1.807) is 42.1 Å². The molecule has 0 radical (unpaired) electrons. The van der Waals surface area contributed by atoms with Gasteiger partial charge in [0, 0.05) is 22.4 Å². The molecule has 1 atom stereocenters. The first-order chi connectivity index (χ1) is 15.1. The zero-order valence-corrected chi connectivity index (χ0v) is 17.9. The Bertz CT molecular complexity index is 1350. The lowest BCUT2D eigenvalue weighted by atomic mass is 10.1. The van der Waals surface area contributed by atoms with Gasteiger partial charge in [0.05, 0.1) is 17.2 Å². The molecule has 154 valence electrons. The third-order valence-electron chi connectivity index (χ3n) is 5.18. The second-order valence-electron chi connectivity index (χ2n) is 7.00. The van der Waals surface area contributed by atoms with Gasteiger partial charge in [0.15, 0.2) is 17.7 Å². The maximum atomic E-state index is 12.9. The van der Waals surface area contributed by atoms with Crippen LogP contribution in [0.2, 0.25) is 10.0 Å². The summed E-state index contributed by atoms with van der Waals surface area (Å²) in [6, 6.07) is 20.2. The molecule has 0 aliphatic carbocycles. The molecule has 5 rings (SSSR count). The maximum Gasteiger partial charge on any atom is 0.300 e. The van der Waals surface area contributed by atoms with Crippen LogP contribution in [0.5, 0.6) is 5.75 Å². The summed E-state index contributed by atoms with van der Waals surface area (Å²) in [5.41, 5.74) is 2.80. The molecule has 8 heteroatoms. The van der Waals surface area contributed by atoms with Crippen molar-refractivity contribution in [2.75, 3.05) is 12.4 Å². The molecule has 0 amide bonds. The topological polar surface area (TPSA) is 69.0 Å². The Labute approximate surface area is 188 Å². The van der Waals surface area contributed by atoms with E-state index in [0.717, 1.165) is 16.8 Å². The Morgan fingerprint density at radius 3 is 2.55 bits per heavy atom. The van der Waals surface area contributed by atoms with Gasteiger partial charge < -0.3 is 10.1 Å². The number of para-hydroxylation sites is 1. The highest BCUT2D eigenvalue weighted by Crippen LogP contribution is 2.39. The van der Waals surface area contributed by atoms with Gasteiger partial charge in [-0.25, -0.2) is 4.68 Å². The fourth-order valence-corrected chi connectivity index (χ4v) is 4.06. The first-order valence-electron chi connectivity index (χ1n) is 9.52. The smallest absolute Gasteiger partial charge is 0.300 e. The molecule has 4 aromatic rings. The fraction of sp³-hybridized carbons (Fsp3) is 0.0870. The molecular weight excluding hydrogens is 435 g/mol. The van der Waals surface area contributed by atoms with E-state index in [-0.39, 0.29) is 5.69 Å². The monoisotopic (exact) mass is 450 g/mol. The number of methoxy groups -OCH3 is 1. The molecule has 31 heavy (non-hydrogen) atoms. The van der Waals surface area contributed by atoms with Crippen molar-refractivity contribution in [3.8, 4) is 28.4 Å². The Kier molecular flexibility index (Phi) is 4.88. The Morgan fingerprint density at radius 2 is 1.77 bits per heavy atom. The number of aromatic nitrogens is 3. The summed E-state index contributed by atoms with van der Waals surface area (Å²) in [5, 5.41) is 9.00. The van der Waals surface area contributed by atoms with E-state index in [1.165, 1.54) is 0 Å². The van der Waals surface area contributed by atoms with Crippen molar-refractivity contribution in [3.05, 3.63) is 92.7 Å². The molecule has 0 unspecified atom stereocenters. The number of halogens is 2. The molecule has 0 fully saturated rings. The minimum Gasteiger partial charge on any atom is -0.497 e. The van der Waals surface area contributed by atoms with Crippen LogP contribution >= 0.6 is 23.2 Å². The molecule has 1 aliphatic rings. The number of benzene rings is 3. The molecule has 2 heterocycles. The number of nitrogens with one attached hydrogen (secondary N) is 1. The van der Waals surface area contributed by atoms with Crippen molar-refractivity contribution in [2.45, 2.75) is 6.17 Å². The second kappa shape index (κ2) is 7.72. The zero-order chi connectivity index (χ0) is 21.5. The summed E-state index contributed by atoms with van der Waals surface area (Å²) in [6.45, 7) is 0. The summed E-state index contributed by atoms with van der Waals surface area (Å²) < 4.78 is 6.89. The van der Waals surface area contributed by atoms with Crippen molar-refractivity contribution in [2.24, 2.45) is 0 Å². The minimum atomic E-state index is -0.499. The van der Waals surface area contributed by atoms with Gasteiger partial charge in [0.2, 0.25) is 0 Å². The molecule has 6 nitrogen and oxygen atoms in total. The van der Waals surface area contributed by atoms with E-state index < -0.39 is 11.7 Å². The highest BCUT2D eigenvalue weighted by Gasteiger charge is 2.29. The summed E-state index contributed by atoms with van der Waals surface area (Å²) in [5.74, 6) is 1.15. The SMILES string of the molecule is COc1ccc(-c2nn3c(nc2=O)-c2ccccc2N[C@@H]3c2cccc(Cl)c2Cl)cc1. The predicted molar refractivity (Wildman–Crippen MR) is 122 cm³/mol. The van der Waals surface area contributed by atoms with Crippen molar-refractivity contribution in [1.82, 2.24) is 14.8 Å². The number of fused-ring (bicyclic) bond motifs is 3. The van der Waals surface area contributed by atoms with E-state index >= 15 is 0 Å². The van der Waals surface area contributed by atoms with Crippen LogP contribution in [-0.4, -0.2) is 21.9 Å². The lowest BCUT2D eigenvalue weighted by molar-refractivity contribution is 0.415. The Balaban J connectivity index is 1.75. The van der Waals surface area contributed by atoms with E-state index in [1.807, 2.05) is 36.4 Å². The quantitative estimate of drug-likeness (QED) is 0.460. The highest BCUT2D eigenvalue weighted by molar-refractivity contribution is 6.42. The Morgan fingerprint density at radius 1 is 1.00 bits per heavy atom. The summed E-state index contributed by atoms with van der Waals surface area (Å²) in [4.78, 5) is 17.3. The number of anilines is 1. The zero-order valence-electron chi connectivity index (χ0n) is 16.3. The molecule has 0 saturated carbocycles. The summed E-state index contributed by atoms with van der Waals surface area (Å²) in [7, 11) is 1.59. The normalized spacial score (nSPS) is 14.4. The fourth-order valence-electron chi connectivity index (χ4n) is 3.65. The van der Waals surface area contributed by atoms with Crippen molar-refractivity contribution in [3.63, 3.8) is 0 Å². The van der Waals surface area contributed by atoms with Gasteiger partial charge in [-0.2, -0.15) is 10.1 Å². The first kappa shape index (κ1) is 19.6. The van der Waals surface area contributed by atoms with Gasteiger partial charge in [-0.1, -0.05) is 47.5 Å². The van der Waals surface area contributed by atoms with Crippen LogP contribution in [0.4, 0.5) is 5.69 Å². The highest BCUT2D eigenvalue weighted by atomic mass is 35.5. The Hall–Kier alpha value is -3.35. The van der Waals surface area contributed by atoms with Gasteiger partial charge in [-0.3, -0.25) is 4.79 Å². The number of hydrogen-bond donors (Lipinski definition) is 1. The van der Waals surface area contributed by atoms with Crippen molar-refractivity contribution >= 4 is 28.9 Å². The van der Waals surface area contributed by atoms with E-state index in [0.29, 0.717) is 27.2 Å². The third-order valence-corrected chi connectivity index (χ3v) is 6.01. The van der Waals surface area contributed by atoms with Gasteiger partial charge in [0.1, 0.15) is 5.75 Å². The lowest BCUT2D eigenvalue weighted by Crippen LogP contribution is -2.32. The average Bonchev–Trinajstić information content (AvgIpc) is 2.80. The largest absolute Gasteiger partial charge is 0.497 e. The van der Waals surface area contributed by atoms with Crippen LogP contribution < -0.4 is 15.6 Å². The molecule has 1 aliphatic heterocycles. The lowest BCUT2D eigenvalue weighted by Gasteiger charge is -2.31. The third kappa shape index (κ3) is 3.34. The number of nitrogens with zero attached hydrogens (tertiary/aromatic N) is 3. The van der Waals surface area contributed by atoms with Crippen LogP contribution in [0.25, 0.3) is 22.6 Å². The van der Waals surface area contributed by atoms with E-state index in [2.05, 4.69) is 10.3 Å². The van der Waals surface area contributed by atoms with E-state index in [4.69, 9.17) is 33.0 Å². The molecule has 1 N–H and O–H groups in total. The van der Waals surface area contributed by atoms with Crippen molar-refractivity contribution < 1.29 is 4.74 Å². The average molecular weight is 451 g/mol. The maximum absolute atomic E-state index is 12.9. The molecular formula is C23H16Cl2N4O2. The van der Waals surface area contributed by atoms with Crippen molar-refractivity contribution in [1.29, 1.82) is 0 Å². The standard InChI is InChI=1S/C23H16Cl2N4O2/c1-31-14-11-9-13(10-12-14)20-23(30)27-21-15-5-2-3-8-18(15)26-22(29(21)28-20)16-6-4-7-17(24)19(16)25/h2-12,22,26H,1H3/t22-/m0/s1. The number of rotatable bonds is 3. The second-order valence-corrected chi connectivity index (χ2v) is 7.78. The first-order valence-corrected chi connectivity index (χ1v) is 10.3. The molecule has 0 bridgehead atoms. The molecule has 1 aromatic heterocycles. The van der Waals surface area contributed by atoms with E-state index in [9.17, 15) is 4.79 Å². The van der Waals surface area contributed by atoms with Crippen LogP contribution in [-0.2, 0) is 0 Å². The van der Waals surface area contributed by atoms with Gasteiger partial charge in [-0.15, -0.1) is 0 Å².